The Hall–Kier alpha value is -2.37. The van der Waals surface area contributed by atoms with Crippen LogP contribution >= 0.6 is 0 Å². The molecule has 0 aliphatic carbocycles. The van der Waals surface area contributed by atoms with Gasteiger partial charge in [0.1, 0.15) is 11.7 Å². The monoisotopic (exact) mass is 304 g/mol. The highest BCUT2D eigenvalue weighted by Crippen LogP contribution is 2.20. The van der Waals surface area contributed by atoms with Crippen molar-refractivity contribution in [2.24, 2.45) is 5.92 Å². The van der Waals surface area contributed by atoms with Crippen LogP contribution in [0.2, 0.25) is 0 Å². The molecule has 2 unspecified atom stereocenters. The fourth-order valence-electron chi connectivity index (χ4n) is 2.29. The maximum absolute atomic E-state index is 12.1. The summed E-state index contributed by atoms with van der Waals surface area (Å²) in [6, 6.07) is 4.72. The van der Waals surface area contributed by atoms with Crippen molar-refractivity contribution in [2.45, 2.75) is 39.7 Å². The molecule has 0 radical (unpaired) electrons. The average molecular weight is 304 g/mol. The fourth-order valence-corrected chi connectivity index (χ4v) is 2.29. The minimum Gasteiger partial charge on any atom is -0.480 e. The van der Waals surface area contributed by atoms with E-state index in [0.29, 0.717) is 17.7 Å². The zero-order chi connectivity index (χ0) is 16.3. The number of carbonyl (C=O) groups is 2. The highest BCUT2D eigenvalue weighted by molar-refractivity contribution is 5.89. The zero-order valence-electron chi connectivity index (χ0n) is 12.9. The standard InChI is InChI=1S/C16H20N2O4/c1-4-10(3)15(16(20)21)17-14(19)8-12-11-7-9(2)5-6-13(11)22-18-12/h5-7,10,15H,4,8H2,1-3H3,(H,17,19)(H,20,21). The third-order valence-electron chi connectivity index (χ3n) is 3.82. The number of aryl methyl sites for hydroxylation is 1. The fraction of sp³-hybridized carbons (Fsp3) is 0.438. The number of carboxylic acids is 1. The Labute approximate surface area is 128 Å². The van der Waals surface area contributed by atoms with E-state index in [1.807, 2.05) is 26.0 Å². The zero-order valence-corrected chi connectivity index (χ0v) is 12.9. The topological polar surface area (TPSA) is 92.4 Å². The predicted molar refractivity (Wildman–Crippen MR) is 81.5 cm³/mol. The highest BCUT2D eigenvalue weighted by Gasteiger charge is 2.25. The molecule has 2 rings (SSSR count). The van der Waals surface area contributed by atoms with Gasteiger partial charge in [0.2, 0.25) is 5.91 Å². The maximum Gasteiger partial charge on any atom is 0.326 e. The third-order valence-corrected chi connectivity index (χ3v) is 3.82. The molecule has 6 heteroatoms. The number of benzene rings is 1. The van der Waals surface area contributed by atoms with Crippen molar-refractivity contribution in [2.75, 3.05) is 0 Å². The van der Waals surface area contributed by atoms with Crippen molar-refractivity contribution in [3.8, 4) is 0 Å². The van der Waals surface area contributed by atoms with Crippen molar-refractivity contribution in [1.82, 2.24) is 10.5 Å². The number of amides is 1. The van der Waals surface area contributed by atoms with Gasteiger partial charge in [-0.1, -0.05) is 37.1 Å². The van der Waals surface area contributed by atoms with Gasteiger partial charge in [0.05, 0.1) is 6.42 Å². The summed E-state index contributed by atoms with van der Waals surface area (Å²) in [6.07, 6.45) is 0.667. The second kappa shape index (κ2) is 6.60. The number of carbonyl (C=O) groups excluding carboxylic acids is 1. The van der Waals surface area contributed by atoms with Gasteiger partial charge in [-0.3, -0.25) is 4.79 Å². The summed E-state index contributed by atoms with van der Waals surface area (Å²) in [4.78, 5) is 23.4. The number of aliphatic carboxylic acids is 1. The lowest BCUT2D eigenvalue weighted by molar-refractivity contribution is -0.143. The lowest BCUT2D eigenvalue weighted by Crippen LogP contribution is -2.45. The van der Waals surface area contributed by atoms with Gasteiger partial charge in [-0.15, -0.1) is 0 Å². The summed E-state index contributed by atoms with van der Waals surface area (Å²) in [5, 5.41) is 16.5. The molecule has 0 saturated heterocycles. The SMILES string of the molecule is CCC(C)C(NC(=O)Cc1noc2ccc(C)cc12)C(=O)O. The number of aromatic nitrogens is 1. The van der Waals surface area contributed by atoms with Crippen LogP contribution in [0.1, 0.15) is 31.5 Å². The molecule has 0 fully saturated rings. The van der Waals surface area contributed by atoms with Crippen LogP contribution < -0.4 is 5.32 Å². The molecule has 0 aliphatic heterocycles. The molecule has 2 N–H and O–H groups in total. The predicted octanol–water partition coefficient (Wildman–Crippen LogP) is 2.29. The summed E-state index contributed by atoms with van der Waals surface area (Å²) in [5.41, 5.74) is 2.18. The van der Waals surface area contributed by atoms with Crippen molar-refractivity contribution in [3.63, 3.8) is 0 Å². The summed E-state index contributed by atoms with van der Waals surface area (Å²) < 4.78 is 5.18. The molecule has 2 aromatic rings. The highest BCUT2D eigenvalue weighted by atomic mass is 16.5. The van der Waals surface area contributed by atoms with E-state index in [2.05, 4.69) is 10.5 Å². The van der Waals surface area contributed by atoms with Gasteiger partial charge in [0, 0.05) is 5.39 Å². The molecule has 0 aliphatic rings. The van der Waals surface area contributed by atoms with E-state index in [9.17, 15) is 14.7 Å². The number of rotatable bonds is 6. The molecule has 1 heterocycles. The summed E-state index contributed by atoms with van der Waals surface area (Å²) in [7, 11) is 0. The van der Waals surface area contributed by atoms with Crippen molar-refractivity contribution < 1.29 is 19.2 Å². The molecule has 2 atom stereocenters. The van der Waals surface area contributed by atoms with Gasteiger partial charge >= 0.3 is 5.97 Å². The van der Waals surface area contributed by atoms with Crippen molar-refractivity contribution in [1.29, 1.82) is 0 Å². The number of nitrogens with zero attached hydrogens (tertiary/aromatic N) is 1. The lowest BCUT2D eigenvalue weighted by Gasteiger charge is -2.19. The van der Waals surface area contributed by atoms with Crippen LogP contribution in [0.4, 0.5) is 0 Å². The second-order valence-electron chi connectivity index (χ2n) is 5.57. The Morgan fingerprint density at radius 3 is 2.77 bits per heavy atom. The summed E-state index contributed by atoms with van der Waals surface area (Å²) >= 11 is 0. The summed E-state index contributed by atoms with van der Waals surface area (Å²) in [6.45, 7) is 5.63. The molecular formula is C16H20N2O4. The molecule has 6 nitrogen and oxygen atoms in total. The second-order valence-corrected chi connectivity index (χ2v) is 5.57. The molecule has 0 bridgehead atoms. The van der Waals surface area contributed by atoms with Crippen molar-refractivity contribution >= 4 is 22.8 Å². The third kappa shape index (κ3) is 3.44. The molecular weight excluding hydrogens is 284 g/mol. The van der Waals surface area contributed by atoms with Crippen LogP contribution in [0.3, 0.4) is 0 Å². The van der Waals surface area contributed by atoms with Crippen LogP contribution in [0.15, 0.2) is 22.7 Å². The first-order chi connectivity index (χ1) is 10.4. The lowest BCUT2D eigenvalue weighted by atomic mass is 9.99. The van der Waals surface area contributed by atoms with Crippen molar-refractivity contribution in [3.05, 3.63) is 29.5 Å². The maximum atomic E-state index is 12.1. The molecule has 22 heavy (non-hydrogen) atoms. The number of nitrogens with one attached hydrogen (secondary N) is 1. The van der Waals surface area contributed by atoms with Crippen LogP contribution in [0.5, 0.6) is 0 Å². The van der Waals surface area contributed by atoms with Crippen LogP contribution in [-0.2, 0) is 16.0 Å². The number of carboxylic acid groups (broad SMARTS) is 1. The molecule has 0 saturated carbocycles. The number of hydrogen-bond donors (Lipinski definition) is 2. The van der Waals surface area contributed by atoms with Crippen LogP contribution in [0, 0.1) is 12.8 Å². The minimum atomic E-state index is -1.02. The molecule has 118 valence electrons. The average Bonchev–Trinajstić information content (AvgIpc) is 2.86. The van der Waals surface area contributed by atoms with E-state index in [0.717, 1.165) is 10.9 Å². The van der Waals surface area contributed by atoms with E-state index < -0.39 is 12.0 Å². The quantitative estimate of drug-likeness (QED) is 0.854. The minimum absolute atomic E-state index is 0.00331. The van der Waals surface area contributed by atoms with E-state index in [1.54, 1.807) is 13.0 Å². The Balaban J connectivity index is 2.13. The first kappa shape index (κ1) is 16.0. The molecule has 0 spiro atoms. The van der Waals surface area contributed by atoms with Crippen LogP contribution in [-0.4, -0.2) is 28.2 Å². The number of hydrogen-bond acceptors (Lipinski definition) is 4. The van der Waals surface area contributed by atoms with Gasteiger partial charge in [-0.2, -0.15) is 0 Å². The van der Waals surface area contributed by atoms with E-state index in [1.165, 1.54) is 0 Å². The van der Waals surface area contributed by atoms with Gasteiger partial charge in [-0.05, 0) is 25.0 Å². The van der Waals surface area contributed by atoms with E-state index in [4.69, 9.17) is 4.52 Å². The first-order valence-electron chi connectivity index (χ1n) is 7.29. The van der Waals surface area contributed by atoms with Gasteiger partial charge in [0.15, 0.2) is 5.58 Å². The number of fused-ring (bicyclic) bond motifs is 1. The van der Waals surface area contributed by atoms with E-state index >= 15 is 0 Å². The Kier molecular flexibility index (Phi) is 4.80. The Morgan fingerprint density at radius 2 is 2.14 bits per heavy atom. The van der Waals surface area contributed by atoms with Gasteiger partial charge in [0.25, 0.3) is 0 Å². The van der Waals surface area contributed by atoms with Gasteiger partial charge in [-0.25, -0.2) is 4.79 Å². The van der Waals surface area contributed by atoms with Crippen LogP contribution in [0.25, 0.3) is 11.0 Å². The Bertz CT molecular complexity index is 693. The molecule has 1 aromatic carbocycles. The molecule has 1 amide bonds. The first-order valence-corrected chi connectivity index (χ1v) is 7.29. The summed E-state index contributed by atoms with van der Waals surface area (Å²) in [5.74, 6) is -1.54. The van der Waals surface area contributed by atoms with E-state index in [-0.39, 0.29) is 18.2 Å². The largest absolute Gasteiger partial charge is 0.480 e. The smallest absolute Gasteiger partial charge is 0.326 e. The van der Waals surface area contributed by atoms with Gasteiger partial charge < -0.3 is 14.9 Å². The normalized spacial score (nSPS) is 13.8. The molecule has 1 aromatic heterocycles. The Morgan fingerprint density at radius 1 is 1.41 bits per heavy atom.